The van der Waals surface area contributed by atoms with Crippen LogP contribution in [0.2, 0.25) is 0 Å². The van der Waals surface area contributed by atoms with Crippen LogP contribution < -0.4 is 9.64 Å². The van der Waals surface area contributed by atoms with Crippen LogP contribution in [0.1, 0.15) is 48.7 Å². The number of rotatable bonds is 7. The van der Waals surface area contributed by atoms with Crippen LogP contribution in [0, 0.1) is 0 Å². The molecule has 0 saturated heterocycles. The van der Waals surface area contributed by atoms with Gasteiger partial charge in [0.15, 0.2) is 12.4 Å². The van der Waals surface area contributed by atoms with Crippen molar-refractivity contribution in [1.82, 2.24) is 0 Å². The Morgan fingerprint density at radius 2 is 1.89 bits per heavy atom. The summed E-state index contributed by atoms with van der Waals surface area (Å²) in [6.07, 6.45) is 0.0873. The van der Waals surface area contributed by atoms with E-state index >= 15 is 0 Å². The molecular weight excluding hydrogens is 358 g/mol. The zero-order valence-corrected chi connectivity index (χ0v) is 16.0. The Morgan fingerprint density at radius 3 is 2.61 bits per heavy atom. The average Bonchev–Trinajstić information content (AvgIpc) is 2.72. The quantitative estimate of drug-likeness (QED) is 0.540. The lowest BCUT2D eigenvalue weighted by atomic mass is 10.0. The number of ether oxygens (including phenoxy) is 2. The van der Waals surface area contributed by atoms with Gasteiger partial charge in [-0.1, -0.05) is 30.3 Å². The zero-order chi connectivity index (χ0) is 20.1. The molecule has 0 spiro atoms. The summed E-state index contributed by atoms with van der Waals surface area (Å²) >= 11 is 0. The van der Waals surface area contributed by atoms with Gasteiger partial charge in [-0.25, -0.2) is 0 Å². The number of Topliss-reactive ketones (excluding diaryl/α,β-unsaturated/α-hetero) is 1. The van der Waals surface area contributed by atoms with Gasteiger partial charge in [-0.15, -0.1) is 0 Å². The van der Waals surface area contributed by atoms with Gasteiger partial charge in [0.2, 0.25) is 0 Å². The van der Waals surface area contributed by atoms with Crippen molar-refractivity contribution in [2.45, 2.75) is 32.7 Å². The normalized spacial score (nSPS) is 14.1. The third kappa shape index (κ3) is 4.22. The van der Waals surface area contributed by atoms with E-state index in [1.54, 1.807) is 30.0 Å². The molecule has 0 aliphatic carbocycles. The second kappa shape index (κ2) is 8.69. The van der Waals surface area contributed by atoms with Gasteiger partial charge in [0, 0.05) is 12.0 Å². The summed E-state index contributed by atoms with van der Waals surface area (Å²) in [7, 11) is 0. The maximum Gasteiger partial charge on any atom is 0.306 e. The summed E-state index contributed by atoms with van der Waals surface area (Å²) in [5.74, 6) is -0.183. The molecule has 0 saturated carbocycles. The smallest absolute Gasteiger partial charge is 0.306 e. The number of hydrogen-bond acceptors (Lipinski definition) is 5. The third-order valence-corrected chi connectivity index (χ3v) is 4.69. The van der Waals surface area contributed by atoms with Gasteiger partial charge >= 0.3 is 5.97 Å². The van der Waals surface area contributed by atoms with Crippen LogP contribution in [0.4, 0.5) is 5.69 Å². The third-order valence-electron chi connectivity index (χ3n) is 4.69. The summed E-state index contributed by atoms with van der Waals surface area (Å²) in [4.78, 5) is 38.3. The first-order chi connectivity index (χ1) is 13.5. The summed E-state index contributed by atoms with van der Waals surface area (Å²) in [5.41, 5.74) is 1.99. The average molecular weight is 381 g/mol. The van der Waals surface area contributed by atoms with Crippen molar-refractivity contribution in [3.8, 4) is 5.75 Å². The van der Waals surface area contributed by atoms with E-state index in [4.69, 9.17) is 9.47 Å². The van der Waals surface area contributed by atoms with Crippen LogP contribution in [0.25, 0.3) is 0 Å². The van der Waals surface area contributed by atoms with Gasteiger partial charge in [-0.3, -0.25) is 19.3 Å². The molecule has 1 atom stereocenters. The molecule has 28 heavy (non-hydrogen) atoms. The fourth-order valence-corrected chi connectivity index (χ4v) is 3.24. The number of fused-ring (bicyclic) bond motifs is 1. The number of nitrogens with zero attached hydrogens (tertiary/aromatic N) is 1. The zero-order valence-electron chi connectivity index (χ0n) is 16.0. The molecule has 6 heteroatoms. The van der Waals surface area contributed by atoms with Gasteiger partial charge in [0.1, 0.15) is 5.75 Å². The molecule has 0 bridgehead atoms. The first-order valence-electron chi connectivity index (χ1n) is 9.34. The predicted molar refractivity (Wildman–Crippen MR) is 104 cm³/mol. The standard InChI is InChI=1S/C22H23NO5/c1-3-27-22(26)12-10-19(24)17-9-11-20-18(13-17)23(21(25)14-28-20)15(2)16-7-5-4-6-8-16/h4-9,11,13,15H,3,10,12,14H2,1-2H3. The monoisotopic (exact) mass is 381 g/mol. The molecule has 0 N–H and O–H groups in total. The lowest BCUT2D eigenvalue weighted by Gasteiger charge is -2.34. The van der Waals surface area contributed by atoms with Crippen LogP contribution in [-0.2, 0) is 14.3 Å². The summed E-state index contributed by atoms with van der Waals surface area (Å²) in [6.45, 7) is 3.91. The van der Waals surface area contributed by atoms with Crippen LogP contribution in [0.5, 0.6) is 5.75 Å². The Balaban J connectivity index is 1.85. The fourth-order valence-electron chi connectivity index (χ4n) is 3.24. The molecule has 1 amide bonds. The van der Waals surface area contributed by atoms with Gasteiger partial charge < -0.3 is 9.47 Å². The minimum Gasteiger partial charge on any atom is -0.482 e. The molecule has 3 rings (SSSR count). The number of benzene rings is 2. The molecule has 6 nitrogen and oxygen atoms in total. The Labute approximate surface area is 164 Å². The van der Waals surface area contributed by atoms with Crippen molar-refractivity contribution in [3.05, 3.63) is 59.7 Å². The summed E-state index contributed by atoms with van der Waals surface area (Å²) < 4.78 is 10.4. The van der Waals surface area contributed by atoms with Gasteiger partial charge in [0.25, 0.3) is 5.91 Å². The van der Waals surface area contributed by atoms with Crippen LogP contribution >= 0.6 is 0 Å². The van der Waals surface area contributed by atoms with E-state index in [9.17, 15) is 14.4 Å². The van der Waals surface area contributed by atoms with Crippen molar-refractivity contribution < 1.29 is 23.9 Å². The molecule has 1 aliphatic heterocycles. The van der Waals surface area contributed by atoms with E-state index < -0.39 is 5.97 Å². The predicted octanol–water partition coefficient (Wildman–Crippen LogP) is 3.70. The first-order valence-corrected chi connectivity index (χ1v) is 9.34. The number of carbonyl (C=O) groups excluding carboxylic acids is 3. The highest BCUT2D eigenvalue weighted by molar-refractivity contribution is 6.02. The van der Waals surface area contributed by atoms with Gasteiger partial charge in [0.05, 0.1) is 24.8 Å². The highest BCUT2D eigenvalue weighted by atomic mass is 16.5. The van der Waals surface area contributed by atoms with Crippen molar-refractivity contribution in [1.29, 1.82) is 0 Å². The van der Waals surface area contributed by atoms with E-state index in [2.05, 4.69) is 0 Å². The molecule has 2 aromatic rings. The van der Waals surface area contributed by atoms with E-state index in [1.807, 2.05) is 37.3 Å². The van der Waals surface area contributed by atoms with Crippen molar-refractivity contribution >= 4 is 23.3 Å². The minimum atomic E-state index is -0.397. The molecule has 1 heterocycles. The number of ketones is 1. The topological polar surface area (TPSA) is 72.9 Å². The maximum absolute atomic E-state index is 12.6. The highest BCUT2D eigenvalue weighted by Gasteiger charge is 2.31. The lowest BCUT2D eigenvalue weighted by molar-refractivity contribution is -0.143. The van der Waals surface area contributed by atoms with Gasteiger partial charge in [-0.05, 0) is 37.6 Å². The molecule has 2 aromatic carbocycles. The molecule has 146 valence electrons. The number of anilines is 1. The lowest BCUT2D eigenvalue weighted by Crippen LogP contribution is -2.40. The van der Waals surface area contributed by atoms with Crippen LogP contribution in [-0.4, -0.2) is 30.9 Å². The van der Waals surface area contributed by atoms with Crippen LogP contribution in [0.15, 0.2) is 48.5 Å². The maximum atomic E-state index is 12.6. The fraction of sp³-hybridized carbons (Fsp3) is 0.318. The highest BCUT2D eigenvalue weighted by Crippen LogP contribution is 2.38. The number of carbonyl (C=O) groups is 3. The van der Waals surface area contributed by atoms with Crippen molar-refractivity contribution in [3.63, 3.8) is 0 Å². The molecule has 1 unspecified atom stereocenters. The summed E-state index contributed by atoms with van der Waals surface area (Å²) in [6, 6.07) is 14.5. The first kappa shape index (κ1) is 19.6. The van der Waals surface area contributed by atoms with Crippen molar-refractivity contribution in [2.24, 2.45) is 0 Å². The molecule has 0 radical (unpaired) electrons. The van der Waals surface area contributed by atoms with E-state index in [0.717, 1.165) is 5.56 Å². The van der Waals surface area contributed by atoms with E-state index in [-0.39, 0.29) is 43.8 Å². The number of hydrogen-bond donors (Lipinski definition) is 0. The molecule has 1 aliphatic rings. The summed E-state index contributed by atoms with van der Waals surface area (Å²) in [5, 5.41) is 0. The number of amides is 1. The SMILES string of the molecule is CCOC(=O)CCC(=O)c1ccc2c(c1)N(C(C)c1ccccc1)C(=O)CO2. The molecule has 0 fully saturated rings. The van der Waals surface area contributed by atoms with Crippen LogP contribution in [0.3, 0.4) is 0 Å². The second-order valence-corrected chi connectivity index (χ2v) is 6.55. The molecule has 0 aromatic heterocycles. The van der Waals surface area contributed by atoms with E-state index in [1.165, 1.54) is 0 Å². The van der Waals surface area contributed by atoms with E-state index in [0.29, 0.717) is 17.0 Å². The van der Waals surface area contributed by atoms with Crippen molar-refractivity contribution in [2.75, 3.05) is 18.1 Å². The number of esters is 1. The second-order valence-electron chi connectivity index (χ2n) is 6.55. The Bertz CT molecular complexity index is 878. The Kier molecular flexibility index (Phi) is 6.09. The Hall–Kier alpha value is -3.15. The molecular formula is C22H23NO5. The minimum absolute atomic E-state index is 0.0311. The Morgan fingerprint density at radius 1 is 1.14 bits per heavy atom. The van der Waals surface area contributed by atoms with Gasteiger partial charge in [-0.2, -0.15) is 0 Å². The largest absolute Gasteiger partial charge is 0.482 e.